The Labute approximate surface area is 119 Å². The van der Waals surface area contributed by atoms with E-state index in [4.69, 9.17) is 0 Å². The lowest BCUT2D eigenvalue weighted by atomic mass is 9.71. The van der Waals surface area contributed by atoms with Crippen molar-refractivity contribution in [1.82, 2.24) is 0 Å². The monoisotopic (exact) mass is 280 g/mol. The number of hydrogen-bond donors (Lipinski definition) is 1. The molecule has 1 saturated carbocycles. The molecule has 1 fully saturated rings. The van der Waals surface area contributed by atoms with Gasteiger partial charge in [-0.3, -0.25) is 4.79 Å². The standard InChI is InChI=1S/C16H24O2S/c1-2-4-12-6-9-15(16(17)18)13(11-12)7-8-14-5-3-10-19-14/h3,5,10,12-13,15H,2,4,6-9,11H2,1H3,(H,17,18). The fraction of sp³-hybridized carbons (Fsp3) is 0.688. The van der Waals surface area contributed by atoms with Crippen LogP contribution in [0.2, 0.25) is 0 Å². The Balaban J connectivity index is 1.93. The number of aliphatic carboxylic acids is 1. The molecule has 0 radical (unpaired) electrons. The molecule has 2 rings (SSSR count). The SMILES string of the molecule is CCCC1CCC(C(=O)O)C(CCc2cccs2)C1. The highest BCUT2D eigenvalue weighted by atomic mass is 32.1. The second-order valence-electron chi connectivity index (χ2n) is 5.79. The number of rotatable bonds is 6. The summed E-state index contributed by atoms with van der Waals surface area (Å²) >= 11 is 1.78. The highest BCUT2D eigenvalue weighted by Crippen LogP contribution is 2.38. The molecule has 1 aromatic rings. The Bertz CT molecular complexity index is 385. The highest BCUT2D eigenvalue weighted by Gasteiger charge is 2.34. The zero-order valence-electron chi connectivity index (χ0n) is 11.7. The molecule has 19 heavy (non-hydrogen) atoms. The van der Waals surface area contributed by atoms with Gasteiger partial charge in [-0.25, -0.2) is 0 Å². The fourth-order valence-electron chi connectivity index (χ4n) is 3.46. The number of carbonyl (C=O) groups is 1. The molecular formula is C16H24O2S. The molecular weight excluding hydrogens is 256 g/mol. The Hall–Kier alpha value is -0.830. The maximum Gasteiger partial charge on any atom is 0.306 e. The molecule has 0 saturated heterocycles. The Morgan fingerprint density at radius 2 is 2.26 bits per heavy atom. The molecule has 1 aliphatic rings. The number of hydrogen-bond acceptors (Lipinski definition) is 2. The summed E-state index contributed by atoms with van der Waals surface area (Å²) in [7, 11) is 0. The Morgan fingerprint density at radius 1 is 1.42 bits per heavy atom. The lowest BCUT2D eigenvalue weighted by Crippen LogP contribution is -2.31. The maximum atomic E-state index is 11.4. The summed E-state index contributed by atoms with van der Waals surface area (Å²) in [6.07, 6.45) is 7.69. The molecule has 3 heteroatoms. The van der Waals surface area contributed by atoms with Gasteiger partial charge in [0.2, 0.25) is 0 Å². The normalized spacial score (nSPS) is 27.3. The van der Waals surface area contributed by atoms with Crippen LogP contribution < -0.4 is 0 Å². The van der Waals surface area contributed by atoms with Gasteiger partial charge in [0.15, 0.2) is 0 Å². The highest BCUT2D eigenvalue weighted by molar-refractivity contribution is 7.09. The first kappa shape index (κ1) is 14.6. The minimum absolute atomic E-state index is 0.104. The number of thiophene rings is 1. The molecule has 1 aliphatic carbocycles. The topological polar surface area (TPSA) is 37.3 Å². The van der Waals surface area contributed by atoms with Gasteiger partial charge in [0, 0.05) is 4.88 Å². The molecule has 0 amide bonds. The quantitative estimate of drug-likeness (QED) is 0.827. The van der Waals surface area contributed by atoms with Crippen LogP contribution in [0.1, 0.15) is 50.3 Å². The van der Waals surface area contributed by atoms with Gasteiger partial charge in [-0.1, -0.05) is 25.8 Å². The van der Waals surface area contributed by atoms with Crippen LogP contribution in [-0.4, -0.2) is 11.1 Å². The van der Waals surface area contributed by atoms with E-state index in [1.807, 2.05) is 0 Å². The van der Waals surface area contributed by atoms with Crippen molar-refractivity contribution in [2.75, 3.05) is 0 Å². The summed E-state index contributed by atoms with van der Waals surface area (Å²) in [5, 5.41) is 11.5. The molecule has 106 valence electrons. The molecule has 1 N–H and O–H groups in total. The van der Waals surface area contributed by atoms with Crippen LogP contribution in [0.25, 0.3) is 0 Å². The van der Waals surface area contributed by atoms with E-state index in [1.165, 1.54) is 17.7 Å². The van der Waals surface area contributed by atoms with E-state index in [2.05, 4.69) is 24.4 Å². The van der Waals surface area contributed by atoms with Gasteiger partial charge < -0.3 is 5.11 Å². The minimum atomic E-state index is -0.578. The van der Waals surface area contributed by atoms with Crippen molar-refractivity contribution in [3.8, 4) is 0 Å². The lowest BCUT2D eigenvalue weighted by Gasteiger charge is -2.34. The van der Waals surface area contributed by atoms with Crippen LogP contribution in [-0.2, 0) is 11.2 Å². The molecule has 1 aromatic heterocycles. The molecule has 1 heterocycles. The Morgan fingerprint density at radius 3 is 2.89 bits per heavy atom. The van der Waals surface area contributed by atoms with Crippen molar-refractivity contribution < 1.29 is 9.90 Å². The predicted octanol–water partition coefficient (Wildman–Crippen LogP) is 4.60. The van der Waals surface area contributed by atoms with Gasteiger partial charge in [-0.15, -0.1) is 11.3 Å². The fourth-order valence-corrected chi connectivity index (χ4v) is 4.18. The zero-order valence-corrected chi connectivity index (χ0v) is 12.5. The minimum Gasteiger partial charge on any atom is -0.481 e. The van der Waals surface area contributed by atoms with E-state index < -0.39 is 5.97 Å². The van der Waals surface area contributed by atoms with Crippen LogP contribution in [0.15, 0.2) is 17.5 Å². The van der Waals surface area contributed by atoms with Crippen molar-refractivity contribution in [3.63, 3.8) is 0 Å². The number of carboxylic acid groups (broad SMARTS) is 1. The molecule has 3 unspecified atom stereocenters. The molecule has 0 aliphatic heterocycles. The first-order valence-electron chi connectivity index (χ1n) is 7.46. The second kappa shape index (κ2) is 7.09. The molecule has 0 spiro atoms. The summed E-state index contributed by atoms with van der Waals surface area (Å²) in [4.78, 5) is 12.8. The van der Waals surface area contributed by atoms with E-state index in [9.17, 15) is 9.90 Å². The Kier molecular flexibility index (Phi) is 5.44. The van der Waals surface area contributed by atoms with Gasteiger partial charge >= 0.3 is 5.97 Å². The third kappa shape index (κ3) is 4.07. The lowest BCUT2D eigenvalue weighted by molar-refractivity contribution is -0.145. The number of carboxylic acids is 1. The summed E-state index contributed by atoms with van der Waals surface area (Å²) in [5.74, 6) is 0.457. The van der Waals surface area contributed by atoms with Gasteiger partial charge in [-0.05, 0) is 55.4 Å². The maximum absolute atomic E-state index is 11.4. The van der Waals surface area contributed by atoms with Crippen LogP contribution >= 0.6 is 11.3 Å². The largest absolute Gasteiger partial charge is 0.481 e. The number of aryl methyl sites for hydroxylation is 1. The second-order valence-corrected chi connectivity index (χ2v) is 6.82. The third-order valence-corrected chi connectivity index (χ3v) is 5.38. The summed E-state index contributed by atoms with van der Waals surface area (Å²) in [6.45, 7) is 2.23. The van der Waals surface area contributed by atoms with E-state index in [0.29, 0.717) is 5.92 Å². The third-order valence-electron chi connectivity index (χ3n) is 4.45. The van der Waals surface area contributed by atoms with Crippen LogP contribution in [0.4, 0.5) is 0 Å². The summed E-state index contributed by atoms with van der Waals surface area (Å²) in [6, 6.07) is 4.24. The van der Waals surface area contributed by atoms with E-state index in [-0.39, 0.29) is 5.92 Å². The molecule has 2 nitrogen and oxygen atoms in total. The first-order valence-corrected chi connectivity index (χ1v) is 8.33. The summed E-state index contributed by atoms with van der Waals surface area (Å²) < 4.78 is 0. The van der Waals surface area contributed by atoms with Crippen molar-refractivity contribution in [2.24, 2.45) is 17.8 Å². The molecule has 0 aromatic carbocycles. The van der Waals surface area contributed by atoms with Crippen LogP contribution in [0, 0.1) is 17.8 Å². The van der Waals surface area contributed by atoms with Gasteiger partial charge in [-0.2, -0.15) is 0 Å². The van der Waals surface area contributed by atoms with Crippen LogP contribution in [0.5, 0.6) is 0 Å². The predicted molar refractivity (Wildman–Crippen MR) is 79.5 cm³/mol. The van der Waals surface area contributed by atoms with E-state index in [0.717, 1.165) is 38.0 Å². The zero-order chi connectivity index (χ0) is 13.7. The van der Waals surface area contributed by atoms with Gasteiger partial charge in [0.25, 0.3) is 0 Å². The summed E-state index contributed by atoms with van der Waals surface area (Å²) in [5.41, 5.74) is 0. The average Bonchev–Trinajstić information content (AvgIpc) is 2.89. The van der Waals surface area contributed by atoms with Crippen molar-refractivity contribution >= 4 is 17.3 Å². The average molecular weight is 280 g/mol. The smallest absolute Gasteiger partial charge is 0.306 e. The van der Waals surface area contributed by atoms with Gasteiger partial charge in [0.05, 0.1) is 5.92 Å². The van der Waals surface area contributed by atoms with Crippen LogP contribution in [0.3, 0.4) is 0 Å². The van der Waals surface area contributed by atoms with Gasteiger partial charge in [0.1, 0.15) is 0 Å². The van der Waals surface area contributed by atoms with Crippen molar-refractivity contribution in [3.05, 3.63) is 22.4 Å². The van der Waals surface area contributed by atoms with Crippen molar-refractivity contribution in [2.45, 2.75) is 51.9 Å². The molecule has 0 bridgehead atoms. The van der Waals surface area contributed by atoms with Crippen molar-refractivity contribution in [1.29, 1.82) is 0 Å². The van der Waals surface area contributed by atoms with E-state index >= 15 is 0 Å². The van der Waals surface area contributed by atoms with E-state index in [1.54, 1.807) is 11.3 Å². The molecule has 3 atom stereocenters. The first-order chi connectivity index (χ1) is 9.20.